The lowest BCUT2D eigenvalue weighted by molar-refractivity contribution is 0.0698. The van der Waals surface area contributed by atoms with E-state index in [1.54, 1.807) is 19.1 Å². The molecule has 0 heterocycles. The Morgan fingerprint density at radius 2 is 2.24 bits per heavy atom. The highest BCUT2D eigenvalue weighted by molar-refractivity contribution is 5.98. The Morgan fingerprint density at radius 1 is 1.53 bits per heavy atom. The summed E-state index contributed by atoms with van der Waals surface area (Å²) in [4.78, 5) is 22.2. The van der Waals surface area contributed by atoms with Crippen LogP contribution < -0.4 is 5.32 Å². The lowest BCUT2D eigenvalue weighted by Crippen LogP contribution is -2.16. The predicted octanol–water partition coefficient (Wildman–Crippen LogP) is 2.43. The van der Waals surface area contributed by atoms with Crippen LogP contribution in [0, 0.1) is 6.92 Å². The highest BCUT2D eigenvalue weighted by Gasteiger charge is 2.12. The van der Waals surface area contributed by atoms with Gasteiger partial charge in [0.05, 0.1) is 11.3 Å². The molecular weight excluding hydrogens is 222 g/mol. The van der Waals surface area contributed by atoms with Crippen LogP contribution in [0.4, 0.5) is 10.5 Å². The van der Waals surface area contributed by atoms with Gasteiger partial charge in [-0.3, -0.25) is 5.32 Å². The van der Waals surface area contributed by atoms with E-state index in [0.717, 1.165) is 5.56 Å². The van der Waals surface area contributed by atoms with E-state index >= 15 is 0 Å². The number of carboxylic acids is 1. The molecule has 1 aromatic rings. The Hall–Kier alpha value is -2.30. The highest BCUT2D eigenvalue weighted by Crippen LogP contribution is 2.17. The minimum atomic E-state index is -1.11. The van der Waals surface area contributed by atoms with Gasteiger partial charge in [0.15, 0.2) is 0 Å². The van der Waals surface area contributed by atoms with E-state index in [4.69, 9.17) is 9.84 Å². The fourth-order valence-corrected chi connectivity index (χ4v) is 1.23. The Kier molecular flexibility index (Phi) is 4.28. The van der Waals surface area contributed by atoms with Crippen molar-refractivity contribution in [1.82, 2.24) is 0 Å². The van der Waals surface area contributed by atoms with Gasteiger partial charge in [0.2, 0.25) is 0 Å². The van der Waals surface area contributed by atoms with E-state index in [0.29, 0.717) is 0 Å². The van der Waals surface area contributed by atoms with Crippen molar-refractivity contribution < 1.29 is 19.4 Å². The summed E-state index contributed by atoms with van der Waals surface area (Å²) >= 11 is 0. The molecule has 1 aromatic carbocycles. The van der Waals surface area contributed by atoms with Crippen LogP contribution >= 0.6 is 0 Å². The molecule has 1 rings (SSSR count). The first-order chi connectivity index (χ1) is 8.04. The van der Waals surface area contributed by atoms with Crippen LogP contribution in [0.1, 0.15) is 15.9 Å². The third kappa shape index (κ3) is 3.64. The number of anilines is 1. The Morgan fingerprint density at radius 3 is 2.82 bits per heavy atom. The highest BCUT2D eigenvalue weighted by atomic mass is 16.5. The molecule has 0 saturated carbocycles. The minimum absolute atomic E-state index is 0.0196. The summed E-state index contributed by atoms with van der Waals surface area (Å²) in [5.41, 5.74) is 1.08. The van der Waals surface area contributed by atoms with Crippen LogP contribution in [-0.2, 0) is 4.74 Å². The summed E-state index contributed by atoms with van der Waals surface area (Å²) < 4.78 is 4.71. The van der Waals surface area contributed by atoms with Crippen molar-refractivity contribution >= 4 is 17.7 Å². The molecule has 0 atom stereocenters. The van der Waals surface area contributed by atoms with Crippen molar-refractivity contribution in [2.75, 3.05) is 11.9 Å². The molecule has 0 aliphatic heterocycles. The van der Waals surface area contributed by atoms with Gasteiger partial charge in [-0.25, -0.2) is 9.59 Å². The quantitative estimate of drug-likeness (QED) is 0.786. The summed E-state index contributed by atoms with van der Waals surface area (Å²) in [6, 6.07) is 4.66. The van der Waals surface area contributed by atoms with E-state index in [9.17, 15) is 9.59 Å². The number of amides is 1. The largest absolute Gasteiger partial charge is 0.478 e. The van der Waals surface area contributed by atoms with Crippen molar-refractivity contribution in [3.05, 3.63) is 42.0 Å². The van der Waals surface area contributed by atoms with Gasteiger partial charge in [0.25, 0.3) is 0 Å². The van der Waals surface area contributed by atoms with Crippen molar-refractivity contribution in [3.63, 3.8) is 0 Å². The van der Waals surface area contributed by atoms with E-state index in [1.807, 2.05) is 0 Å². The van der Waals surface area contributed by atoms with Gasteiger partial charge >= 0.3 is 12.1 Å². The Labute approximate surface area is 98.7 Å². The van der Waals surface area contributed by atoms with Gasteiger partial charge in [-0.15, -0.1) is 0 Å². The maximum atomic E-state index is 11.3. The molecule has 2 N–H and O–H groups in total. The summed E-state index contributed by atoms with van der Waals surface area (Å²) in [7, 11) is 0. The van der Waals surface area contributed by atoms with Crippen LogP contribution in [0.3, 0.4) is 0 Å². The fraction of sp³-hybridized carbons (Fsp3) is 0.167. The molecule has 0 aliphatic rings. The van der Waals surface area contributed by atoms with Gasteiger partial charge in [-0.1, -0.05) is 18.7 Å². The molecule has 0 radical (unpaired) electrons. The predicted molar refractivity (Wildman–Crippen MR) is 63.3 cm³/mol. The monoisotopic (exact) mass is 235 g/mol. The number of carbonyl (C=O) groups is 2. The van der Waals surface area contributed by atoms with Gasteiger partial charge in [0, 0.05) is 0 Å². The first kappa shape index (κ1) is 12.8. The van der Waals surface area contributed by atoms with Gasteiger partial charge in [0.1, 0.15) is 6.61 Å². The zero-order valence-corrected chi connectivity index (χ0v) is 9.40. The molecule has 0 spiro atoms. The van der Waals surface area contributed by atoms with E-state index in [1.165, 1.54) is 12.1 Å². The first-order valence-corrected chi connectivity index (χ1v) is 4.93. The van der Waals surface area contributed by atoms with Crippen LogP contribution in [0.15, 0.2) is 30.9 Å². The zero-order valence-electron chi connectivity index (χ0n) is 9.40. The number of ether oxygens (including phenoxy) is 1. The summed E-state index contributed by atoms with van der Waals surface area (Å²) in [5.74, 6) is -1.11. The molecule has 0 aromatic heterocycles. The number of aryl methyl sites for hydroxylation is 1. The van der Waals surface area contributed by atoms with Crippen molar-refractivity contribution in [2.45, 2.75) is 6.92 Å². The van der Waals surface area contributed by atoms with E-state index < -0.39 is 12.1 Å². The Balaban J connectivity index is 2.88. The molecule has 90 valence electrons. The second kappa shape index (κ2) is 5.69. The standard InChI is InChI=1S/C12H13NO4/c1-3-6-17-12(16)13-10-7-8(2)4-5-9(10)11(14)15/h3-5,7H,1,6H2,2H3,(H,13,16)(H,14,15). The number of carbonyl (C=O) groups excluding carboxylic acids is 1. The molecule has 5 heteroatoms. The third-order valence-electron chi connectivity index (χ3n) is 1.97. The number of benzene rings is 1. The molecule has 0 fully saturated rings. The van der Waals surface area contributed by atoms with Gasteiger partial charge in [-0.2, -0.15) is 0 Å². The fourth-order valence-electron chi connectivity index (χ4n) is 1.23. The number of aromatic carboxylic acids is 1. The second-order valence-electron chi connectivity index (χ2n) is 3.37. The SMILES string of the molecule is C=CCOC(=O)Nc1cc(C)ccc1C(=O)O. The second-order valence-corrected chi connectivity index (χ2v) is 3.37. The molecule has 5 nitrogen and oxygen atoms in total. The normalized spacial score (nSPS) is 9.47. The summed E-state index contributed by atoms with van der Waals surface area (Å²) in [5, 5.41) is 11.3. The summed E-state index contributed by atoms with van der Waals surface area (Å²) in [6.07, 6.45) is 0.714. The third-order valence-corrected chi connectivity index (χ3v) is 1.97. The molecule has 0 saturated heterocycles. The van der Waals surface area contributed by atoms with E-state index in [2.05, 4.69) is 11.9 Å². The Bertz CT molecular complexity index is 454. The van der Waals surface area contributed by atoms with Crippen molar-refractivity contribution in [1.29, 1.82) is 0 Å². The zero-order chi connectivity index (χ0) is 12.8. The molecule has 0 bridgehead atoms. The number of carboxylic acid groups (broad SMARTS) is 1. The maximum absolute atomic E-state index is 11.3. The first-order valence-electron chi connectivity index (χ1n) is 4.93. The average molecular weight is 235 g/mol. The average Bonchev–Trinajstić information content (AvgIpc) is 2.26. The van der Waals surface area contributed by atoms with E-state index in [-0.39, 0.29) is 17.9 Å². The molecule has 0 unspecified atom stereocenters. The molecule has 0 aliphatic carbocycles. The number of rotatable bonds is 4. The minimum Gasteiger partial charge on any atom is -0.478 e. The number of hydrogen-bond acceptors (Lipinski definition) is 3. The van der Waals surface area contributed by atoms with Crippen molar-refractivity contribution in [3.8, 4) is 0 Å². The summed E-state index contributed by atoms with van der Waals surface area (Å²) in [6.45, 7) is 5.27. The van der Waals surface area contributed by atoms with Crippen LogP contribution in [0.2, 0.25) is 0 Å². The van der Waals surface area contributed by atoms with Crippen LogP contribution in [-0.4, -0.2) is 23.8 Å². The lowest BCUT2D eigenvalue weighted by Gasteiger charge is -2.09. The molecular formula is C12H13NO4. The molecule has 1 amide bonds. The van der Waals surface area contributed by atoms with Crippen LogP contribution in [0.25, 0.3) is 0 Å². The number of hydrogen-bond donors (Lipinski definition) is 2. The molecule has 17 heavy (non-hydrogen) atoms. The smallest absolute Gasteiger partial charge is 0.411 e. The maximum Gasteiger partial charge on any atom is 0.411 e. The van der Waals surface area contributed by atoms with Gasteiger partial charge in [-0.05, 0) is 24.6 Å². The lowest BCUT2D eigenvalue weighted by atomic mass is 10.1. The number of nitrogens with one attached hydrogen (secondary N) is 1. The van der Waals surface area contributed by atoms with Crippen LogP contribution in [0.5, 0.6) is 0 Å². The van der Waals surface area contributed by atoms with Gasteiger partial charge < -0.3 is 9.84 Å². The van der Waals surface area contributed by atoms with Crippen molar-refractivity contribution in [2.24, 2.45) is 0 Å². The topological polar surface area (TPSA) is 75.6 Å².